The van der Waals surface area contributed by atoms with Crippen molar-refractivity contribution in [3.8, 4) is 0 Å². The van der Waals surface area contributed by atoms with Gasteiger partial charge in [-0.2, -0.15) is 0 Å². The van der Waals surface area contributed by atoms with Crippen molar-refractivity contribution < 1.29 is 80.2 Å². The number of hydrogen-bond acceptors (Lipinski definition) is 15. The molecule has 0 radical (unpaired) electrons. The maximum atomic E-state index is 13.1. The largest absolute Gasteiger partial charge is 0.472 e. The zero-order valence-electron chi connectivity index (χ0n) is 68.9. The molecule has 3 N–H and O–H groups in total. The number of esters is 4. The predicted octanol–water partition coefficient (Wildman–Crippen LogP) is 26.4. The van der Waals surface area contributed by atoms with Crippen LogP contribution >= 0.6 is 15.6 Å². The van der Waals surface area contributed by atoms with Gasteiger partial charge in [-0.25, -0.2) is 9.13 Å². The van der Waals surface area contributed by atoms with Crippen LogP contribution in [0, 0.1) is 5.92 Å². The van der Waals surface area contributed by atoms with Gasteiger partial charge in [-0.1, -0.05) is 413 Å². The van der Waals surface area contributed by atoms with E-state index in [1.165, 1.54) is 276 Å². The number of unbranched alkanes of at least 4 members (excludes halogenated alkanes) is 58. The Morgan fingerprint density at radius 3 is 0.648 bits per heavy atom. The third kappa shape index (κ3) is 79.9. The Labute approximate surface area is 645 Å². The fourth-order valence-corrected chi connectivity index (χ4v) is 15.1. The molecule has 0 aliphatic rings. The number of carbonyl (C=O) groups excluding carboxylic acids is 4. The number of aliphatic hydroxyl groups is 1. The normalized spacial score (nSPS) is 13.8. The summed E-state index contributed by atoms with van der Waals surface area (Å²) in [5.41, 5.74) is 0. The molecule has 17 nitrogen and oxygen atoms in total. The van der Waals surface area contributed by atoms with E-state index in [0.717, 1.165) is 109 Å². The highest BCUT2D eigenvalue weighted by Crippen LogP contribution is 2.45. The molecule has 624 valence electrons. The predicted molar refractivity (Wildman–Crippen MR) is 432 cm³/mol. The lowest BCUT2D eigenvalue weighted by Crippen LogP contribution is -2.30. The van der Waals surface area contributed by atoms with Crippen LogP contribution in [0.15, 0.2) is 0 Å². The smallest absolute Gasteiger partial charge is 0.462 e. The molecule has 0 heterocycles. The molecule has 5 atom stereocenters. The van der Waals surface area contributed by atoms with Crippen molar-refractivity contribution in [2.45, 2.75) is 483 Å². The number of rotatable bonds is 86. The van der Waals surface area contributed by atoms with Crippen LogP contribution in [0.25, 0.3) is 0 Å². The van der Waals surface area contributed by atoms with E-state index in [1.807, 2.05) is 0 Å². The summed E-state index contributed by atoms with van der Waals surface area (Å²) in [4.78, 5) is 73.1. The number of phosphoric ester groups is 2. The van der Waals surface area contributed by atoms with Crippen LogP contribution < -0.4 is 0 Å². The molecule has 0 saturated heterocycles. The first-order valence-corrected chi connectivity index (χ1v) is 47.6. The number of carbonyl (C=O) groups is 4. The first-order valence-electron chi connectivity index (χ1n) is 44.6. The first-order chi connectivity index (χ1) is 51.0. The van der Waals surface area contributed by atoms with Crippen molar-refractivity contribution in [2.24, 2.45) is 5.92 Å². The Morgan fingerprint density at radius 1 is 0.257 bits per heavy atom. The van der Waals surface area contributed by atoms with Crippen LogP contribution in [0.4, 0.5) is 0 Å². The van der Waals surface area contributed by atoms with Crippen molar-refractivity contribution in [2.75, 3.05) is 39.6 Å². The fourth-order valence-electron chi connectivity index (χ4n) is 13.5. The van der Waals surface area contributed by atoms with Crippen molar-refractivity contribution in [1.82, 2.24) is 0 Å². The summed E-state index contributed by atoms with van der Waals surface area (Å²) in [5, 5.41) is 10.7. The molecular weight excluding hydrogens is 1370 g/mol. The summed E-state index contributed by atoms with van der Waals surface area (Å²) >= 11 is 0. The molecule has 0 aliphatic heterocycles. The van der Waals surface area contributed by atoms with Crippen molar-refractivity contribution in [1.29, 1.82) is 0 Å². The molecule has 0 aromatic rings. The van der Waals surface area contributed by atoms with E-state index in [0.29, 0.717) is 25.7 Å². The maximum absolute atomic E-state index is 13.1. The summed E-state index contributed by atoms with van der Waals surface area (Å²) in [6, 6.07) is 0. The van der Waals surface area contributed by atoms with Crippen molar-refractivity contribution in [3.05, 3.63) is 0 Å². The monoisotopic (exact) mass is 1540 g/mol. The van der Waals surface area contributed by atoms with Crippen LogP contribution in [-0.4, -0.2) is 96.7 Å². The molecule has 0 saturated carbocycles. The Bertz CT molecular complexity index is 2000. The first kappa shape index (κ1) is 103. The minimum absolute atomic E-state index is 0.108. The van der Waals surface area contributed by atoms with Gasteiger partial charge in [0.2, 0.25) is 0 Å². The number of ether oxygens (including phenoxy) is 4. The third-order valence-corrected chi connectivity index (χ3v) is 22.2. The van der Waals surface area contributed by atoms with E-state index in [1.54, 1.807) is 0 Å². The average molecular weight is 1540 g/mol. The van der Waals surface area contributed by atoms with Gasteiger partial charge in [-0.15, -0.1) is 0 Å². The number of aliphatic hydroxyl groups excluding tert-OH is 1. The Balaban J connectivity index is 5.16. The van der Waals surface area contributed by atoms with E-state index in [2.05, 4.69) is 34.6 Å². The summed E-state index contributed by atoms with van der Waals surface area (Å²) in [7, 11) is -9.92. The van der Waals surface area contributed by atoms with E-state index in [4.69, 9.17) is 37.0 Å². The summed E-state index contributed by atoms with van der Waals surface area (Å²) in [6.07, 6.45) is 72.5. The Morgan fingerprint density at radius 2 is 0.438 bits per heavy atom. The standard InChI is InChI=1S/C86H168O17P2/c1-6-9-12-15-18-20-22-24-26-28-30-32-34-36-38-43-47-51-56-61-66-72-86(91)103-82(76-97-84(89)70-65-60-55-50-46-42-37-35-33-31-29-27-25-23-21-19-16-13-10-7-2)78-101-105(94,95)99-74-80(87)73-98-104(92,93)100-77-81(75-96-83(88)69-64-59-53-17-14-11-8-3)102-85(90)71-67-62-57-52-48-44-40-39-41-45-49-54-58-63-68-79(4)5/h79-82,87H,6-78H2,1-5H3,(H,92,93)(H,94,95)/t80-,81+,82+/m0/s1. The van der Waals surface area contributed by atoms with E-state index >= 15 is 0 Å². The molecular formula is C86H168O17P2. The topological polar surface area (TPSA) is 237 Å². The van der Waals surface area contributed by atoms with Gasteiger partial charge in [0.1, 0.15) is 19.3 Å². The SMILES string of the molecule is CCCCCCCCCCCCCCCCCCCCCCCC(=O)O[C@H](COC(=O)CCCCCCCCCCCCCCCCCCCCCC)COP(=O)(O)OC[C@@H](O)COP(=O)(O)OC[C@@H](COC(=O)CCCCCCCCC)OC(=O)CCCCCCCCCCCCCCCCC(C)C. The van der Waals surface area contributed by atoms with Crippen molar-refractivity contribution >= 4 is 39.5 Å². The summed E-state index contributed by atoms with van der Waals surface area (Å²) in [6.45, 7) is 7.34. The van der Waals surface area contributed by atoms with E-state index < -0.39 is 97.5 Å². The van der Waals surface area contributed by atoms with Crippen molar-refractivity contribution in [3.63, 3.8) is 0 Å². The molecule has 0 bridgehead atoms. The van der Waals surface area contributed by atoms with Gasteiger partial charge in [-0.05, 0) is 31.6 Å². The fraction of sp³-hybridized carbons (Fsp3) is 0.953. The lowest BCUT2D eigenvalue weighted by molar-refractivity contribution is -0.161. The molecule has 0 fully saturated rings. The molecule has 2 unspecified atom stereocenters. The van der Waals surface area contributed by atoms with E-state index in [-0.39, 0.29) is 25.7 Å². The quantitative estimate of drug-likeness (QED) is 0.0222. The van der Waals surface area contributed by atoms with E-state index in [9.17, 15) is 43.2 Å². The molecule has 0 aromatic carbocycles. The molecule has 105 heavy (non-hydrogen) atoms. The second kappa shape index (κ2) is 78.7. The number of phosphoric acid groups is 2. The molecule has 0 aromatic heterocycles. The highest BCUT2D eigenvalue weighted by Gasteiger charge is 2.30. The molecule has 19 heteroatoms. The molecule has 0 amide bonds. The van der Waals surface area contributed by atoms with Gasteiger partial charge in [0.05, 0.1) is 26.4 Å². The minimum Gasteiger partial charge on any atom is -0.462 e. The zero-order chi connectivity index (χ0) is 76.9. The minimum atomic E-state index is -4.96. The summed E-state index contributed by atoms with van der Waals surface area (Å²) in [5.74, 6) is -1.31. The van der Waals surface area contributed by atoms with Gasteiger partial charge >= 0.3 is 39.5 Å². The Hall–Kier alpha value is -1.94. The third-order valence-electron chi connectivity index (χ3n) is 20.3. The molecule has 0 rings (SSSR count). The van der Waals surface area contributed by atoms with Crippen LogP contribution in [0.5, 0.6) is 0 Å². The van der Waals surface area contributed by atoms with Gasteiger partial charge in [0.15, 0.2) is 12.2 Å². The Kier molecular flexibility index (Phi) is 77.3. The zero-order valence-corrected chi connectivity index (χ0v) is 70.7. The van der Waals surface area contributed by atoms with Crippen LogP contribution in [-0.2, 0) is 65.4 Å². The second-order valence-electron chi connectivity index (χ2n) is 31.4. The van der Waals surface area contributed by atoms with Crippen LogP contribution in [0.1, 0.15) is 465 Å². The maximum Gasteiger partial charge on any atom is 0.472 e. The van der Waals surface area contributed by atoms with Crippen LogP contribution in [0.2, 0.25) is 0 Å². The second-order valence-corrected chi connectivity index (χ2v) is 34.3. The molecule has 0 aliphatic carbocycles. The van der Waals surface area contributed by atoms with Crippen LogP contribution in [0.3, 0.4) is 0 Å². The molecule has 0 spiro atoms. The van der Waals surface area contributed by atoms with Gasteiger partial charge in [0.25, 0.3) is 0 Å². The average Bonchev–Trinajstić information content (AvgIpc) is 0.909. The lowest BCUT2D eigenvalue weighted by atomic mass is 10.0. The highest BCUT2D eigenvalue weighted by molar-refractivity contribution is 7.47. The van der Waals surface area contributed by atoms with Gasteiger partial charge in [-0.3, -0.25) is 37.3 Å². The van der Waals surface area contributed by atoms with Gasteiger partial charge < -0.3 is 33.8 Å². The lowest BCUT2D eigenvalue weighted by Gasteiger charge is -2.21. The number of hydrogen-bond donors (Lipinski definition) is 3. The highest BCUT2D eigenvalue weighted by atomic mass is 31.2. The summed E-state index contributed by atoms with van der Waals surface area (Å²) < 4.78 is 68.8. The van der Waals surface area contributed by atoms with Gasteiger partial charge in [0, 0.05) is 25.7 Å².